The molecule has 0 fully saturated rings. The molecule has 0 saturated heterocycles. The second-order valence-corrected chi connectivity index (χ2v) is 0.639. The predicted molar refractivity (Wildman–Crippen MR) is 22.2 cm³/mol. The van der Waals surface area contributed by atoms with E-state index in [0.29, 0.717) is 0 Å². The fourth-order valence-electron chi connectivity index (χ4n) is 0. The molecule has 0 amide bonds. The summed E-state index contributed by atoms with van der Waals surface area (Å²) in [5, 5.41) is 7.24. The summed E-state index contributed by atoms with van der Waals surface area (Å²) < 4.78 is 21.1. The minimum absolute atomic E-state index is 0. The van der Waals surface area contributed by atoms with Crippen LogP contribution in [0.5, 0.6) is 0 Å². The van der Waals surface area contributed by atoms with Gasteiger partial charge in [-0.3, -0.25) is 0 Å². The van der Waals surface area contributed by atoms with E-state index in [1.54, 1.807) is 0 Å². The standard InChI is InChI=1S/C2H2F2O2.Ba.2H/c3-1(4)2(5)6;;;/h1H,(H,5,6);;;. The van der Waals surface area contributed by atoms with E-state index in [1.165, 1.54) is 0 Å². The summed E-state index contributed by atoms with van der Waals surface area (Å²) in [6.45, 7) is 0. The predicted octanol–water partition coefficient (Wildman–Crippen LogP) is -0.580. The van der Waals surface area contributed by atoms with E-state index in [0.717, 1.165) is 0 Å². The van der Waals surface area contributed by atoms with Crippen molar-refractivity contribution in [3.8, 4) is 0 Å². The van der Waals surface area contributed by atoms with Crippen molar-refractivity contribution in [2.24, 2.45) is 0 Å². The first-order valence-electron chi connectivity index (χ1n) is 1.15. The van der Waals surface area contributed by atoms with Crippen molar-refractivity contribution in [1.82, 2.24) is 0 Å². The number of halogens is 2. The van der Waals surface area contributed by atoms with Gasteiger partial charge in [-0.05, 0) is 0 Å². The van der Waals surface area contributed by atoms with Crippen LogP contribution in [0, 0.1) is 0 Å². The van der Waals surface area contributed by atoms with Gasteiger partial charge in [0.25, 0.3) is 0 Å². The Hall–Kier alpha value is 0.901. The number of hydrogen-bond acceptors (Lipinski definition) is 1. The molecule has 0 aliphatic heterocycles. The van der Waals surface area contributed by atoms with E-state index in [4.69, 9.17) is 9.90 Å². The molecule has 40 valence electrons. The van der Waals surface area contributed by atoms with Gasteiger partial charge in [0.15, 0.2) is 0 Å². The van der Waals surface area contributed by atoms with Crippen LogP contribution in [-0.2, 0) is 4.79 Å². The molecule has 0 bridgehead atoms. The summed E-state index contributed by atoms with van der Waals surface area (Å²) in [4.78, 5) is 8.95. The Bertz CT molecular complexity index is 64.7. The van der Waals surface area contributed by atoms with Gasteiger partial charge in [-0.2, -0.15) is 8.78 Å². The Balaban J connectivity index is 0. The van der Waals surface area contributed by atoms with Gasteiger partial charge in [-0.25, -0.2) is 4.79 Å². The molecule has 0 aliphatic carbocycles. The quantitative estimate of drug-likeness (QED) is 0.618. The SMILES string of the molecule is O=C(O)C(F)F.[BaH2]. The number of hydrogen-bond donors (Lipinski definition) is 1. The Labute approximate surface area is 79.0 Å². The molecule has 1 N–H and O–H groups in total. The first-order chi connectivity index (χ1) is 2.64. The molecule has 0 rings (SSSR count). The third kappa shape index (κ3) is 6.90. The molecule has 7 heavy (non-hydrogen) atoms. The van der Waals surface area contributed by atoms with Gasteiger partial charge in [0.05, 0.1) is 0 Å². The van der Waals surface area contributed by atoms with E-state index >= 15 is 0 Å². The molecule has 0 spiro atoms. The second kappa shape index (κ2) is 5.05. The maximum absolute atomic E-state index is 10.6. The van der Waals surface area contributed by atoms with Crippen molar-refractivity contribution >= 4 is 54.9 Å². The molecule has 5 heteroatoms. The Kier molecular flexibility index (Phi) is 7.79. The van der Waals surface area contributed by atoms with Crippen molar-refractivity contribution in [2.45, 2.75) is 6.43 Å². The van der Waals surface area contributed by atoms with Crippen molar-refractivity contribution < 1.29 is 18.7 Å². The second-order valence-electron chi connectivity index (χ2n) is 0.639. The Morgan fingerprint density at radius 2 is 1.71 bits per heavy atom. The monoisotopic (exact) mass is 236 g/mol. The maximum atomic E-state index is 10.6. The van der Waals surface area contributed by atoms with Gasteiger partial charge in [0.2, 0.25) is 0 Å². The van der Waals surface area contributed by atoms with E-state index in [2.05, 4.69) is 0 Å². The molecule has 0 unspecified atom stereocenters. The molecule has 0 aliphatic rings. The molecular formula is C2H4BaF2O2. The van der Waals surface area contributed by atoms with Crippen molar-refractivity contribution in [1.29, 1.82) is 0 Å². The van der Waals surface area contributed by atoms with Gasteiger partial charge >= 0.3 is 61.3 Å². The number of carboxylic acids is 1. The average molecular weight is 235 g/mol. The van der Waals surface area contributed by atoms with Crippen LogP contribution in [0.25, 0.3) is 0 Å². The van der Waals surface area contributed by atoms with Crippen LogP contribution in [0.3, 0.4) is 0 Å². The third-order valence-electron chi connectivity index (χ3n) is 0.187. The summed E-state index contributed by atoms with van der Waals surface area (Å²) >= 11 is 0. The number of rotatable bonds is 1. The van der Waals surface area contributed by atoms with Gasteiger partial charge in [-0.1, -0.05) is 0 Å². The Morgan fingerprint density at radius 1 is 1.57 bits per heavy atom. The van der Waals surface area contributed by atoms with Crippen LogP contribution in [0.4, 0.5) is 8.78 Å². The zero-order valence-electron chi connectivity index (χ0n) is 2.69. The first kappa shape index (κ1) is 10.8. The van der Waals surface area contributed by atoms with Crippen molar-refractivity contribution in [3.63, 3.8) is 0 Å². The van der Waals surface area contributed by atoms with Crippen LogP contribution in [0.1, 0.15) is 0 Å². The molecule has 0 heterocycles. The Morgan fingerprint density at radius 3 is 1.71 bits per heavy atom. The molecular weight excluding hydrogens is 231 g/mol. The van der Waals surface area contributed by atoms with Gasteiger partial charge in [0.1, 0.15) is 0 Å². The fourth-order valence-corrected chi connectivity index (χ4v) is 0. The van der Waals surface area contributed by atoms with Gasteiger partial charge in [-0.15, -0.1) is 0 Å². The molecule has 0 aromatic rings. The minimum atomic E-state index is -3.23. The van der Waals surface area contributed by atoms with E-state index in [9.17, 15) is 8.78 Å². The summed E-state index contributed by atoms with van der Waals surface area (Å²) in [5.41, 5.74) is 0. The van der Waals surface area contributed by atoms with Crippen molar-refractivity contribution in [3.05, 3.63) is 0 Å². The molecule has 0 aromatic carbocycles. The molecule has 0 saturated carbocycles. The first-order valence-corrected chi connectivity index (χ1v) is 1.15. The van der Waals surface area contributed by atoms with Crippen LogP contribution >= 0.6 is 0 Å². The van der Waals surface area contributed by atoms with E-state index in [1.807, 2.05) is 0 Å². The summed E-state index contributed by atoms with van der Waals surface area (Å²) in [5.74, 6) is -2.07. The van der Waals surface area contributed by atoms with Crippen LogP contribution < -0.4 is 0 Å². The zero-order chi connectivity index (χ0) is 5.15. The number of carbonyl (C=O) groups is 1. The fraction of sp³-hybridized carbons (Fsp3) is 0.500. The van der Waals surface area contributed by atoms with Crippen molar-refractivity contribution in [2.75, 3.05) is 0 Å². The van der Waals surface area contributed by atoms with E-state index in [-0.39, 0.29) is 48.9 Å². The van der Waals surface area contributed by atoms with E-state index < -0.39 is 12.4 Å². The average Bonchev–Trinajstić information content (AvgIpc) is 1.36. The summed E-state index contributed by atoms with van der Waals surface area (Å²) in [6, 6.07) is 0. The molecule has 0 atom stereocenters. The van der Waals surface area contributed by atoms with Crippen LogP contribution in [0.15, 0.2) is 0 Å². The molecule has 2 nitrogen and oxygen atoms in total. The number of carboxylic acid groups (broad SMARTS) is 1. The normalized spacial score (nSPS) is 7.86. The third-order valence-corrected chi connectivity index (χ3v) is 0.187. The summed E-state index contributed by atoms with van der Waals surface area (Å²) in [7, 11) is 0. The van der Waals surface area contributed by atoms with Crippen LogP contribution in [0.2, 0.25) is 0 Å². The molecule has 0 aromatic heterocycles. The number of alkyl halides is 2. The number of aliphatic carboxylic acids is 1. The summed E-state index contributed by atoms with van der Waals surface area (Å²) in [6.07, 6.45) is -3.23. The molecule has 0 radical (unpaired) electrons. The zero-order valence-corrected chi connectivity index (χ0v) is 2.69. The van der Waals surface area contributed by atoms with Crippen LogP contribution in [-0.4, -0.2) is 66.4 Å². The van der Waals surface area contributed by atoms with Gasteiger partial charge in [0, 0.05) is 0 Å². The topological polar surface area (TPSA) is 37.3 Å². The van der Waals surface area contributed by atoms with Gasteiger partial charge < -0.3 is 5.11 Å².